The molecule has 0 aliphatic rings. The summed E-state index contributed by atoms with van der Waals surface area (Å²) in [4.78, 5) is 47.8. The second-order valence-corrected chi connectivity index (χ2v) is 6.90. The monoisotopic (exact) mass is 396 g/mol. The Morgan fingerprint density at radius 1 is 0.862 bits per heavy atom. The molecule has 0 aromatic heterocycles. The lowest BCUT2D eigenvalue weighted by atomic mass is 10.00. The zero-order chi connectivity index (χ0) is 21.7. The van der Waals surface area contributed by atoms with Gasteiger partial charge in [-0.1, -0.05) is 17.7 Å². The molecule has 2 amide bonds. The Labute approximate surface area is 169 Å². The fourth-order valence-electron chi connectivity index (χ4n) is 3.14. The minimum absolute atomic E-state index is 0.180. The van der Waals surface area contributed by atoms with Crippen molar-refractivity contribution in [2.75, 3.05) is 17.2 Å². The summed E-state index contributed by atoms with van der Waals surface area (Å²) < 4.78 is 5.23. The number of carbonyl (C=O) groups is 4. The summed E-state index contributed by atoms with van der Waals surface area (Å²) in [5, 5.41) is 5.15. The van der Waals surface area contributed by atoms with Crippen molar-refractivity contribution in [1.82, 2.24) is 0 Å². The number of anilines is 2. The molecule has 0 bridgehead atoms. The molecular formula is C22H24N2O5. The van der Waals surface area contributed by atoms with Crippen LogP contribution in [0.3, 0.4) is 0 Å². The highest BCUT2D eigenvalue weighted by Gasteiger charge is 2.19. The van der Waals surface area contributed by atoms with Gasteiger partial charge in [-0.05, 0) is 50.1 Å². The van der Waals surface area contributed by atoms with Crippen LogP contribution in [-0.4, -0.2) is 30.2 Å². The normalized spacial score (nSPS) is 10.2. The third kappa shape index (κ3) is 5.75. The van der Waals surface area contributed by atoms with E-state index in [1.54, 1.807) is 0 Å². The zero-order valence-corrected chi connectivity index (χ0v) is 17.1. The van der Waals surface area contributed by atoms with Gasteiger partial charge in [0.1, 0.15) is 0 Å². The Morgan fingerprint density at radius 2 is 1.45 bits per heavy atom. The Hall–Kier alpha value is -3.48. The van der Waals surface area contributed by atoms with Gasteiger partial charge in [0.05, 0.1) is 11.3 Å². The van der Waals surface area contributed by atoms with Gasteiger partial charge in [-0.2, -0.15) is 0 Å². The molecule has 0 saturated carbocycles. The fraction of sp³-hybridized carbons (Fsp3) is 0.273. The number of amides is 2. The summed E-state index contributed by atoms with van der Waals surface area (Å²) in [7, 11) is 0. The van der Waals surface area contributed by atoms with Gasteiger partial charge in [0.2, 0.25) is 17.6 Å². The lowest BCUT2D eigenvalue weighted by Gasteiger charge is -2.13. The van der Waals surface area contributed by atoms with Crippen LogP contribution < -0.4 is 10.6 Å². The number of benzene rings is 2. The molecule has 0 aliphatic carbocycles. The van der Waals surface area contributed by atoms with E-state index in [4.69, 9.17) is 4.74 Å². The summed E-state index contributed by atoms with van der Waals surface area (Å²) in [5.41, 5.74) is 3.86. The number of nitrogens with one attached hydrogen (secondary N) is 2. The van der Waals surface area contributed by atoms with Crippen LogP contribution in [0.15, 0.2) is 30.3 Å². The zero-order valence-electron chi connectivity index (χ0n) is 17.1. The van der Waals surface area contributed by atoms with E-state index in [0.29, 0.717) is 11.3 Å². The predicted molar refractivity (Wildman–Crippen MR) is 110 cm³/mol. The number of aryl methyl sites for hydroxylation is 3. The van der Waals surface area contributed by atoms with Gasteiger partial charge in [-0.15, -0.1) is 0 Å². The van der Waals surface area contributed by atoms with E-state index in [9.17, 15) is 19.2 Å². The van der Waals surface area contributed by atoms with Crippen LogP contribution in [0.5, 0.6) is 0 Å². The molecule has 0 fully saturated rings. The SMILES string of the molecule is CC(=O)Nc1ccc(C(=O)COC(=O)c2c(C)cc(C)cc2C)c(NC(C)=O)c1. The first-order valence-corrected chi connectivity index (χ1v) is 9.06. The van der Waals surface area contributed by atoms with Crippen molar-refractivity contribution in [2.24, 2.45) is 0 Å². The van der Waals surface area contributed by atoms with Gasteiger partial charge >= 0.3 is 5.97 Å². The van der Waals surface area contributed by atoms with Crippen LogP contribution in [0.4, 0.5) is 11.4 Å². The molecule has 0 aliphatic heterocycles. The highest BCUT2D eigenvalue weighted by molar-refractivity contribution is 6.07. The molecule has 0 saturated heterocycles. The van der Waals surface area contributed by atoms with Crippen LogP contribution in [0.1, 0.15) is 51.3 Å². The third-order valence-corrected chi connectivity index (χ3v) is 4.17. The largest absolute Gasteiger partial charge is 0.454 e. The first-order chi connectivity index (χ1) is 13.6. The average molecular weight is 396 g/mol. The summed E-state index contributed by atoms with van der Waals surface area (Å²) in [5.74, 6) is -1.71. The summed E-state index contributed by atoms with van der Waals surface area (Å²) in [6.07, 6.45) is 0. The van der Waals surface area contributed by atoms with Gasteiger partial charge in [0, 0.05) is 25.1 Å². The molecule has 2 aromatic carbocycles. The molecule has 152 valence electrons. The van der Waals surface area contributed by atoms with Gasteiger partial charge in [0.15, 0.2) is 6.61 Å². The van der Waals surface area contributed by atoms with E-state index < -0.39 is 18.4 Å². The first kappa shape index (κ1) is 21.8. The highest BCUT2D eigenvalue weighted by Crippen LogP contribution is 2.23. The van der Waals surface area contributed by atoms with Crippen LogP contribution >= 0.6 is 0 Å². The molecule has 2 rings (SSSR count). The topological polar surface area (TPSA) is 102 Å². The molecule has 0 unspecified atom stereocenters. The summed E-state index contributed by atoms with van der Waals surface area (Å²) in [6.45, 7) is 7.75. The van der Waals surface area contributed by atoms with Gasteiger partial charge < -0.3 is 15.4 Å². The van der Waals surface area contributed by atoms with Gasteiger partial charge in [-0.25, -0.2) is 4.79 Å². The maximum Gasteiger partial charge on any atom is 0.339 e. The van der Waals surface area contributed by atoms with E-state index in [2.05, 4.69) is 10.6 Å². The number of esters is 1. The standard InChI is InChI=1S/C22H24N2O5/c1-12-8-13(2)21(14(3)9-12)22(28)29-11-20(27)18-7-6-17(23-15(4)25)10-19(18)24-16(5)26/h6-10H,11H2,1-5H3,(H,23,25)(H,24,26). The predicted octanol–water partition coefficient (Wildman–Crippen LogP) is 3.57. The van der Waals surface area contributed by atoms with Crippen LogP contribution in [0.2, 0.25) is 0 Å². The summed E-state index contributed by atoms with van der Waals surface area (Å²) >= 11 is 0. The number of Topliss-reactive ketones (excluding diaryl/α,β-unsaturated/α-hetero) is 1. The number of hydrogen-bond acceptors (Lipinski definition) is 5. The number of hydrogen-bond donors (Lipinski definition) is 2. The van der Waals surface area contributed by atoms with E-state index in [0.717, 1.165) is 16.7 Å². The van der Waals surface area contributed by atoms with Crippen molar-refractivity contribution in [3.05, 3.63) is 58.1 Å². The molecule has 0 radical (unpaired) electrons. The van der Waals surface area contributed by atoms with Gasteiger partial charge in [-0.3, -0.25) is 14.4 Å². The molecule has 0 spiro atoms. The van der Waals surface area contributed by atoms with Crippen molar-refractivity contribution < 1.29 is 23.9 Å². The summed E-state index contributed by atoms with van der Waals surface area (Å²) in [6, 6.07) is 8.24. The molecule has 29 heavy (non-hydrogen) atoms. The molecule has 2 aromatic rings. The average Bonchev–Trinajstić information content (AvgIpc) is 2.58. The highest BCUT2D eigenvalue weighted by atomic mass is 16.5. The molecule has 0 atom stereocenters. The molecule has 2 N–H and O–H groups in total. The first-order valence-electron chi connectivity index (χ1n) is 9.06. The number of ketones is 1. The Balaban J connectivity index is 2.20. The van der Waals surface area contributed by atoms with Crippen molar-refractivity contribution in [2.45, 2.75) is 34.6 Å². The lowest BCUT2D eigenvalue weighted by molar-refractivity contribution is -0.115. The fourth-order valence-corrected chi connectivity index (χ4v) is 3.14. The molecule has 7 heteroatoms. The van der Waals surface area contributed by atoms with Crippen LogP contribution in [0, 0.1) is 20.8 Å². The molecule has 0 heterocycles. The van der Waals surface area contributed by atoms with E-state index in [1.807, 2.05) is 32.9 Å². The maximum atomic E-state index is 12.6. The number of rotatable bonds is 6. The van der Waals surface area contributed by atoms with Crippen molar-refractivity contribution in [3.63, 3.8) is 0 Å². The van der Waals surface area contributed by atoms with Crippen molar-refractivity contribution in [3.8, 4) is 0 Å². The Bertz CT molecular complexity index is 972. The van der Waals surface area contributed by atoms with Crippen LogP contribution in [-0.2, 0) is 14.3 Å². The van der Waals surface area contributed by atoms with E-state index >= 15 is 0 Å². The third-order valence-electron chi connectivity index (χ3n) is 4.17. The van der Waals surface area contributed by atoms with Crippen molar-refractivity contribution in [1.29, 1.82) is 0 Å². The Kier molecular flexibility index (Phi) is 6.88. The number of ether oxygens (including phenoxy) is 1. The Morgan fingerprint density at radius 3 is 2.00 bits per heavy atom. The van der Waals surface area contributed by atoms with E-state index in [1.165, 1.54) is 32.0 Å². The smallest absolute Gasteiger partial charge is 0.339 e. The van der Waals surface area contributed by atoms with E-state index in [-0.39, 0.29) is 23.1 Å². The maximum absolute atomic E-state index is 12.6. The second kappa shape index (κ2) is 9.14. The minimum atomic E-state index is -0.579. The second-order valence-electron chi connectivity index (χ2n) is 6.90. The quantitative estimate of drug-likeness (QED) is 0.574. The van der Waals surface area contributed by atoms with Crippen LogP contribution in [0.25, 0.3) is 0 Å². The van der Waals surface area contributed by atoms with Gasteiger partial charge in [0.25, 0.3) is 0 Å². The molecular weight excluding hydrogens is 372 g/mol. The lowest BCUT2D eigenvalue weighted by Crippen LogP contribution is -2.18. The minimum Gasteiger partial charge on any atom is -0.454 e. The van der Waals surface area contributed by atoms with Crippen molar-refractivity contribution >= 4 is 34.9 Å². The number of carbonyl (C=O) groups excluding carboxylic acids is 4. The molecule has 7 nitrogen and oxygen atoms in total.